The molecule has 0 aliphatic carbocycles. The summed E-state index contributed by atoms with van der Waals surface area (Å²) in [6, 6.07) is 19.1. The molecule has 0 aliphatic rings. The van der Waals surface area contributed by atoms with Crippen LogP contribution in [0.2, 0.25) is 0 Å². The summed E-state index contributed by atoms with van der Waals surface area (Å²) < 4.78 is 4.54. The molecule has 0 N–H and O–H groups in total. The smallest absolute Gasteiger partial charge is 0.417 e. The minimum atomic E-state index is 0.483. The maximum Gasteiger partial charge on any atom is 0.417 e. The van der Waals surface area contributed by atoms with Gasteiger partial charge in [0.25, 0.3) is 0 Å². The topological polar surface area (TPSA) is 26.3 Å². The van der Waals surface area contributed by atoms with Gasteiger partial charge in [-0.25, -0.2) is 4.79 Å². The van der Waals surface area contributed by atoms with Crippen LogP contribution in [0.15, 0.2) is 54.6 Å². The van der Waals surface area contributed by atoms with Crippen LogP contribution in [0.25, 0.3) is 11.1 Å². The molecule has 0 spiro atoms. The van der Waals surface area contributed by atoms with E-state index in [1.54, 1.807) is 0 Å². The van der Waals surface area contributed by atoms with E-state index in [4.69, 9.17) is 0 Å². The van der Waals surface area contributed by atoms with Crippen molar-refractivity contribution in [2.75, 3.05) is 6.61 Å². The maximum atomic E-state index is 9.86. The first-order valence-electron chi connectivity index (χ1n) is 7.03. The minimum absolute atomic E-state index is 0.483. The summed E-state index contributed by atoms with van der Waals surface area (Å²) in [7, 11) is 0. The lowest BCUT2D eigenvalue weighted by molar-refractivity contribution is 0.269. The van der Waals surface area contributed by atoms with Crippen molar-refractivity contribution in [2.24, 2.45) is 0 Å². The Hall–Kier alpha value is -2.09. The number of aryl methyl sites for hydroxylation is 1. The van der Waals surface area contributed by atoms with Crippen LogP contribution in [-0.2, 0) is 16.0 Å². The van der Waals surface area contributed by atoms with Crippen molar-refractivity contribution in [3.05, 3.63) is 60.2 Å². The molecule has 2 aromatic carbocycles. The van der Waals surface area contributed by atoms with E-state index in [-0.39, 0.29) is 0 Å². The first-order valence-corrected chi connectivity index (χ1v) is 7.03. The Labute approximate surface area is 120 Å². The van der Waals surface area contributed by atoms with Crippen LogP contribution in [0.1, 0.15) is 24.8 Å². The molecule has 0 atom stereocenters. The quantitative estimate of drug-likeness (QED) is 0.672. The summed E-state index contributed by atoms with van der Waals surface area (Å²) in [5.41, 5.74) is 3.86. The predicted molar refractivity (Wildman–Crippen MR) is 81.1 cm³/mol. The van der Waals surface area contributed by atoms with E-state index >= 15 is 0 Å². The fourth-order valence-electron chi connectivity index (χ4n) is 2.22. The van der Waals surface area contributed by atoms with Crippen LogP contribution in [0.5, 0.6) is 0 Å². The van der Waals surface area contributed by atoms with E-state index in [1.807, 2.05) is 6.07 Å². The van der Waals surface area contributed by atoms with E-state index in [1.165, 1.54) is 23.2 Å². The van der Waals surface area contributed by atoms with Crippen LogP contribution in [0.3, 0.4) is 0 Å². The Morgan fingerprint density at radius 3 is 2.20 bits per heavy atom. The van der Waals surface area contributed by atoms with Gasteiger partial charge in [0.2, 0.25) is 0 Å². The number of carbonyl (C=O) groups excluding carboxylic acids is 1. The molecule has 2 heteroatoms. The molecule has 0 unspecified atom stereocenters. The summed E-state index contributed by atoms with van der Waals surface area (Å²) in [5.74, 6) is 0. The molecule has 0 heterocycles. The van der Waals surface area contributed by atoms with E-state index < -0.39 is 0 Å². The third kappa shape index (κ3) is 4.54. The van der Waals surface area contributed by atoms with E-state index in [2.05, 4.69) is 53.3 Å². The molecule has 0 saturated heterocycles. The second-order valence-electron chi connectivity index (χ2n) is 4.81. The SMILES string of the molecule is O=[C]OCCCCCc1ccc(-c2ccccc2)cc1. The van der Waals surface area contributed by atoms with Crippen LogP contribution in [0, 0.1) is 0 Å². The average molecular weight is 267 g/mol. The molecule has 103 valence electrons. The zero-order valence-corrected chi connectivity index (χ0v) is 11.5. The number of benzene rings is 2. The van der Waals surface area contributed by atoms with Crippen molar-refractivity contribution < 1.29 is 9.53 Å². The Balaban J connectivity index is 1.79. The number of ether oxygens (including phenoxy) is 1. The Morgan fingerprint density at radius 1 is 0.800 bits per heavy atom. The first-order chi connectivity index (χ1) is 9.90. The average Bonchev–Trinajstić information content (AvgIpc) is 2.52. The molecular weight excluding hydrogens is 248 g/mol. The van der Waals surface area contributed by atoms with Gasteiger partial charge in [-0.3, -0.25) is 0 Å². The highest BCUT2D eigenvalue weighted by atomic mass is 16.5. The molecule has 0 amide bonds. The van der Waals surface area contributed by atoms with Gasteiger partial charge in [-0.15, -0.1) is 0 Å². The van der Waals surface area contributed by atoms with Crippen molar-refractivity contribution in [1.82, 2.24) is 0 Å². The monoisotopic (exact) mass is 267 g/mol. The van der Waals surface area contributed by atoms with Gasteiger partial charge in [0.1, 0.15) is 0 Å². The van der Waals surface area contributed by atoms with Gasteiger partial charge in [0.15, 0.2) is 0 Å². The number of rotatable bonds is 8. The second-order valence-corrected chi connectivity index (χ2v) is 4.81. The zero-order valence-electron chi connectivity index (χ0n) is 11.5. The lowest BCUT2D eigenvalue weighted by Crippen LogP contribution is -1.92. The molecule has 0 aliphatic heterocycles. The van der Waals surface area contributed by atoms with Gasteiger partial charge < -0.3 is 4.74 Å². The summed E-state index contributed by atoms with van der Waals surface area (Å²) in [6.45, 7) is 1.93. The molecule has 0 saturated carbocycles. The largest absolute Gasteiger partial charge is 0.457 e. The summed E-state index contributed by atoms with van der Waals surface area (Å²) in [6.07, 6.45) is 4.17. The van der Waals surface area contributed by atoms with Crippen molar-refractivity contribution >= 4 is 6.47 Å². The fraction of sp³-hybridized carbons (Fsp3) is 0.278. The minimum Gasteiger partial charge on any atom is -0.457 e. The summed E-state index contributed by atoms with van der Waals surface area (Å²) in [5, 5.41) is 0. The number of hydrogen-bond acceptors (Lipinski definition) is 2. The van der Waals surface area contributed by atoms with Crippen molar-refractivity contribution in [3.63, 3.8) is 0 Å². The van der Waals surface area contributed by atoms with Crippen molar-refractivity contribution in [2.45, 2.75) is 25.7 Å². The third-order valence-corrected chi connectivity index (χ3v) is 3.33. The van der Waals surface area contributed by atoms with Gasteiger partial charge in [0.05, 0.1) is 6.61 Å². The van der Waals surface area contributed by atoms with Crippen LogP contribution in [0.4, 0.5) is 0 Å². The molecule has 1 radical (unpaired) electrons. The van der Waals surface area contributed by atoms with Gasteiger partial charge >= 0.3 is 6.47 Å². The van der Waals surface area contributed by atoms with Crippen LogP contribution < -0.4 is 0 Å². The van der Waals surface area contributed by atoms with E-state index in [0.717, 1.165) is 25.7 Å². The van der Waals surface area contributed by atoms with Gasteiger partial charge in [-0.1, -0.05) is 54.6 Å². The third-order valence-electron chi connectivity index (χ3n) is 3.33. The zero-order chi connectivity index (χ0) is 14.0. The second kappa shape index (κ2) is 8.16. The molecule has 0 fully saturated rings. The molecule has 0 bridgehead atoms. The van der Waals surface area contributed by atoms with E-state index in [0.29, 0.717) is 6.61 Å². The Morgan fingerprint density at radius 2 is 1.50 bits per heavy atom. The highest BCUT2D eigenvalue weighted by molar-refractivity contribution is 5.63. The first kappa shape index (κ1) is 14.3. The van der Waals surface area contributed by atoms with Gasteiger partial charge in [0, 0.05) is 0 Å². The lowest BCUT2D eigenvalue weighted by atomic mass is 10.0. The standard InChI is InChI=1S/C18H19O2/c19-15-20-14-6-2-3-7-16-10-12-18(13-11-16)17-8-4-1-5-9-17/h1,4-5,8-13H,2-3,6-7,14H2. The Kier molecular flexibility index (Phi) is 5.84. The predicted octanol–water partition coefficient (Wildman–Crippen LogP) is 4.15. The molecule has 2 aromatic rings. The number of hydrogen-bond donors (Lipinski definition) is 0. The highest BCUT2D eigenvalue weighted by Crippen LogP contribution is 2.19. The molecule has 0 aromatic heterocycles. The maximum absolute atomic E-state index is 9.86. The highest BCUT2D eigenvalue weighted by Gasteiger charge is 1.98. The molecule has 2 rings (SSSR count). The summed E-state index contributed by atoms with van der Waals surface area (Å²) >= 11 is 0. The van der Waals surface area contributed by atoms with Crippen LogP contribution >= 0.6 is 0 Å². The molecule has 2 nitrogen and oxygen atoms in total. The lowest BCUT2D eigenvalue weighted by Gasteiger charge is -2.05. The summed E-state index contributed by atoms with van der Waals surface area (Å²) in [4.78, 5) is 9.86. The molecular formula is C18H19O2. The van der Waals surface area contributed by atoms with Gasteiger partial charge in [-0.05, 0) is 42.4 Å². The molecule has 20 heavy (non-hydrogen) atoms. The fourth-order valence-corrected chi connectivity index (χ4v) is 2.22. The van der Waals surface area contributed by atoms with Gasteiger partial charge in [-0.2, -0.15) is 0 Å². The Bertz CT molecular complexity index is 503. The van der Waals surface area contributed by atoms with E-state index in [9.17, 15) is 4.79 Å². The van der Waals surface area contributed by atoms with Crippen molar-refractivity contribution in [3.8, 4) is 11.1 Å². The van der Waals surface area contributed by atoms with Crippen molar-refractivity contribution in [1.29, 1.82) is 0 Å². The van der Waals surface area contributed by atoms with Crippen LogP contribution in [-0.4, -0.2) is 13.1 Å². The number of unbranched alkanes of at least 4 members (excludes halogenated alkanes) is 2. The normalized spacial score (nSPS) is 10.2.